The third kappa shape index (κ3) is 3.59. The maximum Gasteiger partial charge on any atom is 0.419 e. The van der Waals surface area contributed by atoms with Crippen molar-refractivity contribution in [1.82, 2.24) is 19.7 Å². The standard InChI is InChI=1S/C23H30F3N5O/c1-13(2)31-19(7-18(29-31)14-6-17(23(24,25)26)21(27)28-10-14)20-15-8-22(9-16(15)20)11-30(12-22)4-5-32-3/h6-7,10,13,15-16,20H,4-5,8-9,11-12H2,1-3H3,(H2,27,28)/t15-,16+,20+. The second kappa shape index (κ2) is 7.45. The van der Waals surface area contributed by atoms with Crippen molar-refractivity contribution < 1.29 is 17.9 Å². The van der Waals surface area contributed by atoms with Gasteiger partial charge in [0.1, 0.15) is 5.82 Å². The second-order valence-corrected chi connectivity index (χ2v) is 10.1. The Morgan fingerprint density at radius 2 is 1.91 bits per heavy atom. The Labute approximate surface area is 185 Å². The normalized spacial score (nSPS) is 26.5. The van der Waals surface area contributed by atoms with Gasteiger partial charge in [0.2, 0.25) is 0 Å². The van der Waals surface area contributed by atoms with Crippen LogP contribution in [0.5, 0.6) is 0 Å². The molecule has 3 atom stereocenters. The van der Waals surface area contributed by atoms with Crippen molar-refractivity contribution in [3.05, 3.63) is 29.6 Å². The number of halogens is 3. The number of rotatable bonds is 6. The van der Waals surface area contributed by atoms with Gasteiger partial charge in [0.05, 0.1) is 17.9 Å². The van der Waals surface area contributed by atoms with Gasteiger partial charge in [-0.05, 0) is 56.1 Å². The van der Waals surface area contributed by atoms with E-state index in [1.54, 1.807) is 7.11 Å². The van der Waals surface area contributed by atoms with E-state index in [2.05, 4.69) is 28.8 Å². The number of methoxy groups -OCH3 is 1. The van der Waals surface area contributed by atoms with Crippen LogP contribution in [0.15, 0.2) is 18.3 Å². The molecule has 3 heterocycles. The van der Waals surface area contributed by atoms with E-state index in [1.165, 1.54) is 19.0 Å². The number of anilines is 1. The Bertz CT molecular complexity index is 998. The molecule has 2 saturated carbocycles. The van der Waals surface area contributed by atoms with Crippen LogP contribution in [0.3, 0.4) is 0 Å². The average Bonchev–Trinajstić information content (AvgIpc) is 3.06. The molecule has 2 N–H and O–H groups in total. The van der Waals surface area contributed by atoms with Crippen LogP contribution in [0.1, 0.15) is 49.9 Å². The van der Waals surface area contributed by atoms with E-state index in [9.17, 15) is 13.2 Å². The molecule has 32 heavy (non-hydrogen) atoms. The zero-order valence-corrected chi connectivity index (χ0v) is 18.7. The van der Waals surface area contributed by atoms with Crippen LogP contribution in [0.2, 0.25) is 0 Å². The van der Waals surface area contributed by atoms with Crippen molar-refractivity contribution >= 4 is 5.82 Å². The van der Waals surface area contributed by atoms with Gasteiger partial charge in [-0.25, -0.2) is 4.98 Å². The van der Waals surface area contributed by atoms with Crippen molar-refractivity contribution in [2.45, 2.75) is 44.8 Å². The van der Waals surface area contributed by atoms with Gasteiger partial charge in [-0.1, -0.05) is 0 Å². The molecule has 0 unspecified atom stereocenters. The van der Waals surface area contributed by atoms with Gasteiger partial charge in [0.15, 0.2) is 0 Å². The first-order valence-electron chi connectivity index (χ1n) is 11.3. The molecule has 2 aromatic heterocycles. The molecule has 6 nitrogen and oxygen atoms in total. The Kier molecular flexibility index (Phi) is 5.05. The molecule has 0 aromatic carbocycles. The number of ether oxygens (including phenoxy) is 1. The van der Waals surface area contributed by atoms with Crippen LogP contribution in [-0.4, -0.2) is 53.0 Å². The van der Waals surface area contributed by atoms with Gasteiger partial charge in [-0.2, -0.15) is 18.3 Å². The largest absolute Gasteiger partial charge is 0.419 e. The number of nitrogens with two attached hydrogens (primary N) is 1. The van der Waals surface area contributed by atoms with E-state index < -0.39 is 17.6 Å². The summed E-state index contributed by atoms with van der Waals surface area (Å²) in [5, 5.41) is 4.68. The number of fused-ring (bicyclic) bond motifs is 1. The first-order valence-corrected chi connectivity index (χ1v) is 11.3. The van der Waals surface area contributed by atoms with Gasteiger partial charge in [0, 0.05) is 56.2 Å². The highest BCUT2D eigenvalue weighted by atomic mass is 19.4. The first kappa shape index (κ1) is 21.7. The van der Waals surface area contributed by atoms with E-state index >= 15 is 0 Å². The van der Waals surface area contributed by atoms with E-state index in [0.717, 1.165) is 38.0 Å². The number of alkyl halides is 3. The number of hydrogen-bond acceptors (Lipinski definition) is 5. The molecule has 0 bridgehead atoms. The van der Waals surface area contributed by atoms with Gasteiger partial charge in [-0.3, -0.25) is 9.58 Å². The molecule has 3 aliphatic rings. The predicted octanol–water partition coefficient (Wildman–Crippen LogP) is 4.20. The number of nitrogen functional groups attached to an aromatic ring is 1. The lowest BCUT2D eigenvalue weighted by Gasteiger charge is -2.49. The lowest BCUT2D eigenvalue weighted by atomic mass is 9.74. The van der Waals surface area contributed by atoms with E-state index in [4.69, 9.17) is 10.5 Å². The van der Waals surface area contributed by atoms with Crippen LogP contribution < -0.4 is 5.73 Å². The summed E-state index contributed by atoms with van der Waals surface area (Å²) in [7, 11) is 1.74. The van der Waals surface area contributed by atoms with Crippen LogP contribution in [0, 0.1) is 17.3 Å². The van der Waals surface area contributed by atoms with Crippen molar-refractivity contribution in [2.24, 2.45) is 17.3 Å². The fourth-order valence-electron chi connectivity index (χ4n) is 6.12. The van der Waals surface area contributed by atoms with Crippen LogP contribution in [-0.2, 0) is 10.9 Å². The lowest BCUT2D eigenvalue weighted by Crippen LogP contribution is -2.56. The summed E-state index contributed by atoms with van der Waals surface area (Å²) in [4.78, 5) is 6.25. The first-order chi connectivity index (χ1) is 15.1. The van der Waals surface area contributed by atoms with Gasteiger partial charge >= 0.3 is 6.18 Å². The zero-order chi connectivity index (χ0) is 22.8. The molecule has 2 aliphatic carbocycles. The number of nitrogens with zero attached hydrogens (tertiary/aromatic N) is 4. The molecule has 5 rings (SSSR count). The van der Waals surface area contributed by atoms with Gasteiger partial charge in [0.25, 0.3) is 0 Å². The third-order valence-corrected chi connectivity index (χ3v) is 7.51. The minimum Gasteiger partial charge on any atom is -0.383 e. The molecule has 1 saturated heterocycles. The van der Waals surface area contributed by atoms with Crippen LogP contribution in [0.4, 0.5) is 19.0 Å². The molecule has 2 aromatic rings. The Morgan fingerprint density at radius 3 is 2.50 bits per heavy atom. The highest BCUT2D eigenvalue weighted by Crippen LogP contribution is 2.70. The number of hydrogen-bond donors (Lipinski definition) is 1. The Balaban J connectivity index is 1.35. The summed E-state index contributed by atoms with van der Waals surface area (Å²) in [6.07, 6.45) is -0.705. The van der Waals surface area contributed by atoms with Gasteiger partial charge < -0.3 is 10.5 Å². The molecule has 1 spiro atoms. The molecule has 1 aliphatic heterocycles. The van der Waals surface area contributed by atoms with Crippen LogP contribution >= 0.6 is 0 Å². The Morgan fingerprint density at radius 1 is 1.22 bits per heavy atom. The molecule has 0 amide bonds. The summed E-state index contributed by atoms with van der Waals surface area (Å²) >= 11 is 0. The minimum atomic E-state index is -4.54. The number of aromatic nitrogens is 3. The average molecular weight is 450 g/mol. The van der Waals surface area contributed by atoms with E-state index in [1.807, 2.05) is 10.7 Å². The monoisotopic (exact) mass is 449 g/mol. The fourth-order valence-corrected chi connectivity index (χ4v) is 6.12. The molecule has 174 valence electrons. The quantitative estimate of drug-likeness (QED) is 0.716. The summed E-state index contributed by atoms with van der Waals surface area (Å²) in [6, 6.07) is 3.16. The topological polar surface area (TPSA) is 69.2 Å². The van der Waals surface area contributed by atoms with Crippen molar-refractivity contribution in [1.29, 1.82) is 0 Å². The molecular weight excluding hydrogens is 419 g/mol. The Hall–Kier alpha value is -2.13. The molecule has 0 radical (unpaired) electrons. The van der Waals surface area contributed by atoms with Crippen molar-refractivity contribution in [2.75, 3.05) is 39.1 Å². The second-order valence-electron chi connectivity index (χ2n) is 10.1. The molecular formula is C23H30F3N5O. The fraction of sp³-hybridized carbons (Fsp3) is 0.652. The van der Waals surface area contributed by atoms with Gasteiger partial charge in [-0.15, -0.1) is 0 Å². The lowest BCUT2D eigenvalue weighted by molar-refractivity contribution is -0.137. The smallest absolute Gasteiger partial charge is 0.383 e. The maximum atomic E-state index is 13.3. The van der Waals surface area contributed by atoms with Crippen molar-refractivity contribution in [3.63, 3.8) is 0 Å². The highest BCUT2D eigenvalue weighted by Gasteiger charge is 2.65. The SMILES string of the molecule is COCCN1CC2(C[C@@H]3[C@H](C2)[C@H]3c2cc(-c3cnc(N)c(C(F)(F)F)c3)nn2C(C)C)C1. The number of likely N-dealkylation sites (tertiary alicyclic amines) is 1. The maximum absolute atomic E-state index is 13.3. The highest BCUT2D eigenvalue weighted by molar-refractivity contribution is 5.63. The molecule has 3 fully saturated rings. The zero-order valence-electron chi connectivity index (χ0n) is 18.7. The summed E-state index contributed by atoms with van der Waals surface area (Å²) in [5.41, 5.74) is 7.03. The summed E-state index contributed by atoms with van der Waals surface area (Å²) in [6.45, 7) is 8.20. The van der Waals surface area contributed by atoms with Crippen LogP contribution in [0.25, 0.3) is 11.3 Å². The van der Waals surface area contributed by atoms with E-state index in [0.29, 0.717) is 34.4 Å². The minimum absolute atomic E-state index is 0.131. The summed E-state index contributed by atoms with van der Waals surface area (Å²) < 4.78 is 47.1. The van der Waals surface area contributed by atoms with Crippen molar-refractivity contribution in [3.8, 4) is 11.3 Å². The molecule has 9 heteroatoms. The summed E-state index contributed by atoms with van der Waals surface area (Å²) in [5.74, 6) is 1.24. The van der Waals surface area contributed by atoms with E-state index in [-0.39, 0.29) is 6.04 Å². The predicted molar refractivity (Wildman–Crippen MR) is 115 cm³/mol. The third-order valence-electron chi connectivity index (χ3n) is 7.51. The number of pyridine rings is 1.